The van der Waals surface area contributed by atoms with Crippen molar-refractivity contribution in [1.29, 1.82) is 0 Å². The molecular weight excluding hydrogens is 218 g/mol. The van der Waals surface area contributed by atoms with E-state index < -0.39 is 0 Å². The van der Waals surface area contributed by atoms with Gasteiger partial charge in [0.25, 0.3) is 5.91 Å². The summed E-state index contributed by atoms with van der Waals surface area (Å²) in [7, 11) is 0. The third-order valence-corrected chi connectivity index (χ3v) is 2.81. The molecule has 0 unspecified atom stereocenters. The van der Waals surface area contributed by atoms with E-state index in [4.69, 9.17) is 0 Å². The first-order valence-electron chi connectivity index (χ1n) is 5.09. The normalized spacial score (nSPS) is 9.12. The van der Waals surface area contributed by atoms with Crippen molar-refractivity contribution in [1.82, 2.24) is 5.32 Å². The number of rotatable bonds is 4. The fraction of sp³-hybridized carbons (Fsp3) is 0.308. The summed E-state index contributed by atoms with van der Waals surface area (Å²) in [6.07, 6.45) is 2.71. The standard InChI is InChI=1S/C13H15NOS/c1-3-4-5-10-14-13(15)11-6-8-12(16-2)9-7-11/h6-9H,5,10H2,1-2H3,(H,14,15). The summed E-state index contributed by atoms with van der Waals surface area (Å²) in [4.78, 5) is 12.8. The topological polar surface area (TPSA) is 29.1 Å². The van der Waals surface area contributed by atoms with E-state index in [-0.39, 0.29) is 5.91 Å². The molecule has 3 heteroatoms. The number of hydrogen-bond acceptors (Lipinski definition) is 2. The van der Waals surface area contributed by atoms with Gasteiger partial charge in [-0.05, 0) is 37.4 Å². The van der Waals surface area contributed by atoms with Crippen LogP contribution in [0, 0.1) is 11.8 Å². The maximum absolute atomic E-state index is 11.6. The van der Waals surface area contributed by atoms with Crippen molar-refractivity contribution in [3.8, 4) is 11.8 Å². The minimum atomic E-state index is -0.0365. The summed E-state index contributed by atoms with van der Waals surface area (Å²) in [5.74, 6) is 5.66. The molecule has 0 aliphatic rings. The zero-order chi connectivity index (χ0) is 11.8. The van der Waals surface area contributed by atoms with Crippen LogP contribution in [0.5, 0.6) is 0 Å². The summed E-state index contributed by atoms with van der Waals surface area (Å²) in [5, 5.41) is 2.82. The van der Waals surface area contributed by atoms with Gasteiger partial charge in [0.15, 0.2) is 0 Å². The smallest absolute Gasteiger partial charge is 0.251 e. The molecule has 0 heterocycles. The summed E-state index contributed by atoms with van der Waals surface area (Å²) in [6.45, 7) is 2.40. The van der Waals surface area contributed by atoms with Crippen LogP contribution in [0.15, 0.2) is 29.2 Å². The van der Waals surface area contributed by atoms with Gasteiger partial charge in [-0.15, -0.1) is 23.6 Å². The Morgan fingerprint density at radius 1 is 1.38 bits per heavy atom. The predicted octanol–water partition coefficient (Wildman–Crippen LogP) is 2.55. The van der Waals surface area contributed by atoms with Gasteiger partial charge in [0.05, 0.1) is 0 Å². The number of nitrogens with one attached hydrogen (secondary N) is 1. The van der Waals surface area contributed by atoms with Crippen LogP contribution in [0.3, 0.4) is 0 Å². The van der Waals surface area contributed by atoms with Gasteiger partial charge in [0.2, 0.25) is 0 Å². The Balaban J connectivity index is 2.48. The summed E-state index contributed by atoms with van der Waals surface area (Å²) in [6, 6.07) is 7.58. The number of carbonyl (C=O) groups is 1. The van der Waals surface area contributed by atoms with Crippen LogP contribution in [0.2, 0.25) is 0 Å². The van der Waals surface area contributed by atoms with Crippen LogP contribution in [-0.4, -0.2) is 18.7 Å². The van der Waals surface area contributed by atoms with Crippen LogP contribution in [0.4, 0.5) is 0 Å². The lowest BCUT2D eigenvalue weighted by molar-refractivity contribution is 0.0954. The van der Waals surface area contributed by atoms with E-state index in [2.05, 4.69) is 17.2 Å². The maximum atomic E-state index is 11.6. The molecule has 84 valence electrons. The molecule has 1 aromatic carbocycles. The SMILES string of the molecule is CC#CCCNC(=O)c1ccc(SC)cc1. The molecule has 0 saturated carbocycles. The van der Waals surface area contributed by atoms with Crippen LogP contribution in [0.25, 0.3) is 0 Å². The van der Waals surface area contributed by atoms with Gasteiger partial charge >= 0.3 is 0 Å². The molecule has 0 fully saturated rings. The first-order valence-corrected chi connectivity index (χ1v) is 6.32. The second-order valence-electron chi connectivity index (χ2n) is 3.16. The molecule has 0 radical (unpaired) electrons. The summed E-state index contributed by atoms with van der Waals surface area (Å²) in [5.41, 5.74) is 0.697. The van der Waals surface area contributed by atoms with Crippen LogP contribution < -0.4 is 5.32 Å². The molecule has 16 heavy (non-hydrogen) atoms. The molecule has 1 aromatic rings. The Hall–Kier alpha value is -1.40. The lowest BCUT2D eigenvalue weighted by Crippen LogP contribution is -2.24. The number of carbonyl (C=O) groups excluding carboxylic acids is 1. The number of amides is 1. The monoisotopic (exact) mass is 233 g/mol. The van der Waals surface area contributed by atoms with E-state index in [1.807, 2.05) is 30.5 Å². The Morgan fingerprint density at radius 2 is 2.06 bits per heavy atom. The first kappa shape index (κ1) is 12.7. The van der Waals surface area contributed by atoms with E-state index in [0.29, 0.717) is 18.5 Å². The number of hydrogen-bond donors (Lipinski definition) is 1. The highest BCUT2D eigenvalue weighted by atomic mass is 32.2. The van der Waals surface area contributed by atoms with E-state index in [1.165, 1.54) is 0 Å². The third kappa shape index (κ3) is 4.00. The highest BCUT2D eigenvalue weighted by molar-refractivity contribution is 7.98. The molecule has 1 rings (SSSR count). The maximum Gasteiger partial charge on any atom is 0.251 e. The average molecular weight is 233 g/mol. The molecule has 0 saturated heterocycles. The van der Waals surface area contributed by atoms with Crippen LogP contribution >= 0.6 is 11.8 Å². The van der Waals surface area contributed by atoms with Gasteiger partial charge in [-0.2, -0.15) is 0 Å². The highest BCUT2D eigenvalue weighted by Crippen LogP contribution is 2.14. The molecule has 0 bridgehead atoms. The third-order valence-electron chi connectivity index (χ3n) is 2.06. The van der Waals surface area contributed by atoms with Crippen molar-refractivity contribution in [3.63, 3.8) is 0 Å². The highest BCUT2D eigenvalue weighted by Gasteiger charge is 2.03. The van der Waals surface area contributed by atoms with E-state index >= 15 is 0 Å². The van der Waals surface area contributed by atoms with E-state index in [9.17, 15) is 4.79 Å². The van der Waals surface area contributed by atoms with Gasteiger partial charge in [0.1, 0.15) is 0 Å². The first-order chi connectivity index (χ1) is 7.77. The molecule has 0 aromatic heterocycles. The number of thioether (sulfide) groups is 1. The fourth-order valence-electron chi connectivity index (χ4n) is 1.21. The van der Waals surface area contributed by atoms with Gasteiger partial charge in [-0.25, -0.2) is 0 Å². The average Bonchev–Trinajstić information content (AvgIpc) is 2.34. The lowest BCUT2D eigenvalue weighted by Gasteiger charge is -2.03. The van der Waals surface area contributed by atoms with Crippen molar-refractivity contribution in [2.45, 2.75) is 18.2 Å². The van der Waals surface area contributed by atoms with Crippen molar-refractivity contribution < 1.29 is 4.79 Å². The van der Waals surface area contributed by atoms with Crippen molar-refractivity contribution in [2.24, 2.45) is 0 Å². The van der Waals surface area contributed by atoms with Crippen molar-refractivity contribution in [3.05, 3.63) is 29.8 Å². The largest absolute Gasteiger partial charge is 0.351 e. The molecule has 0 aliphatic heterocycles. The molecule has 2 nitrogen and oxygen atoms in total. The summed E-state index contributed by atoms with van der Waals surface area (Å²) >= 11 is 1.66. The Morgan fingerprint density at radius 3 is 2.62 bits per heavy atom. The Kier molecular flexibility index (Phi) is 5.52. The van der Waals surface area contributed by atoms with Crippen molar-refractivity contribution in [2.75, 3.05) is 12.8 Å². The predicted molar refractivity (Wildman–Crippen MR) is 68.6 cm³/mol. The van der Waals surface area contributed by atoms with Gasteiger partial charge in [0, 0.05) is 23.4 Å². The molecule has 1 N–H and O–H groups in total. The zero-order valence-corrected chi connectivity index (χ0v) is 10.4. The van der Waals surface area contributed by atoms with Crippen LogP contribution in [-0.2, 0) is 0 Å². The molecule has 0 spiro atoms. The lowest BCUT2D eigenvalue weighted by atomic mass is 10.2. The number of benzene rings is 1. The molecule has 1 amide bonds. The second kappa shape index (κ2) is 6.97. The van der Waals surface area contributed by atoms with Crippen molar-refractivity contribution >= 4 is 17.7 Å². The Labute approximate surface area is 101 Å². The van der Waals surface area contributed by atoms with Gasteiger partial charge in [-0.3, -0.25) is 4.79 Å². The van der Waals surface area contributed by atoms with Crippen LogP contribution in [0.1, 0.15) is 23.7 Å². The zero-order valence-electron chi connectivity index (χ0n) is 9.54. The van der Waals surface area contributed by atoms with E-state index in [1.54, 1.807) is 18.7 Å². The second-order valence-corrected chi connectivity index (χ2v) is 4.04. The molecule has 0 atom stereocenters. The van der Waals surface area contributed by atoms with Gasteiger partial charge < -0.3 is 5.32 Å². The molecular formula is C13H15NOS. The quantitative estimate of drug-likeness (QED) is 0.492. The Bertz CT molecular complexity index is 400. The summed E-state index contributed by atoms with van der Waals surface area (Å²) < 4.78 is 0. The van der Waals surface area contributed by atoms with E-state index in [0.717, 1.165) is 4.90 Å². The minimum absolute atomic E-state index is 0.0365. The minimum Gasteiger partial charge on any atom is -0.351 e. The molecule has 0 aliphatic carbocycles. The van der Waals surface area contributed by atoms with Gasteiger partial charge in [-0.1, -0.05) is 0 Å². The fourth-order valence-corrected chi connectivity index (χ4v) is 1.62.